The molecule has 320 valence electrons. The van der Waals surface area contributed by atoms with Crippen molar-refractivity contribution in [3.8, 4) is 62.1 Å². The molecule has 0 aliphatic rings. The minimum Gasteiger partial charge on any atom is -0.308 e. The van der Waals surface area contributed by atoms with Crippen LogP contribution >= 0.6 is 0 Å². The molecule has 12 aromatic carbocycles. The molecule has 0 saturated carbocycles. The van der Waals surface area contributed by atoms with Gasteiger partial charge >= 0.3 is 0 Å². The van der Waals surface area contributed by atoms with Gasteiger partial charge in [-0.1, -0.05) is 206 Å². The van der Waals surface area contributed by atoms with Gasteiger partial charge in [0.2, 0.25) is 0 Å². The fourth-order valence-electron chi connectivity index (χ4n) is 10.7. The first-order chi connectivity index (χ1) is 34.2. The molecule has 0 bridgehead atoms. The highest BCUT2D eigenvalue weighted by atomic mass is 15.0. The summed E-state index contributed by atoms with van der Waals surface area (Å²) < 4.78 is 2.53. The summed E-state index contributed by atoms with van der Waals surface area (Å²) >= 11 is 0. The van der Waals surface area contributed by atoms with Crippen LogP contribution in [0.5, 0.6) is 0 Å². The number of hydrogen-bond acceptors (Lipinski definition) is 3. The Kier molecular flexibility index (Phi) is 8.86. The Morgan fingerprint density at radius 1 is 0.232 bits per heavy atom. The van der Waals surface area contributed by atoms with Crippen LogP contribution in [0, 0.1) is 0 Å². The molecule has 2 heterocycles. The summed E-state index contributed by atoms with van der Waals surface area (Å²) in [5, 5.41) is 13.8. The SMILES string of the molecule is c1ccc(-c2ccc3c(-c4nc(-c5cccc6ccccc56)nc(-c5cccc6ccccc56)n4)cc(-c4ccccc4)c(-n4c5cc6ccccc6cc5c5cc6ccccc6cc54)c3c2)cc1. The van der Waals surface area contributed by atoms with Crippen LogP contribution in [-0.2, 0) is 0 Å². The lowest BCUT2D eigenvalue weighted by molar-refractivity contribution is 1.08. The van der Waals surface area contributed by atoms with E-state index in [1.165, 1.54) is 32.3 Å². The van der Waals surface area contributed by atoms with E-state index < -0.39 is 0 Å². The van der Waals surface area contributed by atoms with E-state index in [0.717, 1.165) is 88.0 Å². The van der Waals surface area contributed by atoms with Gasteiger partial charge in [0, 0.05) is 38.4 Å². The molecule has 0 aliphatic heterocycles. The summed E-state index contributed by atoms with van der Waals surface area (Å²) in [4.78, 5) is 16.4. The first-order valence-electron chi connectivity index (χ1n) is 23.5. The molecule has 0 aliphatic carbocycles. The predicted octanol–water partition coefficient (Wildman–Crippen LogP) is 17.1. The summed E-state index contributed by atoms with van der Waals surface area (Å²) in [5.74, 6) is 1.86. The topological polar surface area (TPSA) is 43.6 Å². The summed E-state index contributed by atoms with van der Waals surface area (Å²) in [6.07, 6.45) is 0. The number of aromatic nitrogens is 4. The maximum Gasteiger partial charge on any atom is 0.164 e. The standard InChI is InChI=1S/C65H40N4/c1-3-17-41(18-4-1)49-33-34-52-58(37-49)62(69-60-38-47-25-9-7-23-45(47)35-56(60)57-36-46-24-8-10-26-48(46)39-61(57)69)55(44-19-5-2-6-20-44)40-59(52)65-67-63(53-31-15-27-42-21-11-13-29-50(42)53)66-64(68-65)54-32-16-28-43-22-12-14-30-51(43)54/h1-40H. The molecular formula is C65H40N4. The molecule has 0 unspecified atom stereocenters. The zero-order chi connectivity index (χ0) is 45.4. The van der Waals surface area contributed by atoms with Gasteiger partial charge in [0.15, 0.2) is 17.5 Å². The zero-order valence-electron chi connectivity index (χ0n) is 37.4. The fourth-order valence-corrected chi connectivity index (χ4v) is 10.7. The second-order valence-electron chi connectivity index (χ2n) is 17.9. The number of rotatable bonds is 6. The molecule has 0 fully saturated rings. The van der Waals surface area contributed by atoms with Crippen molar-refractivity contribution >= 4 is 75.7 Å². The van der Waals surface area contributed by atoms with Crippen molar-refractivity contribution in [2.24, 2.45) is 0 Å². The van der Waals surface area contributed by atoms with Crippen molar-refractivity contribution in [2.45, 2.75) is 0 Å². The van der Waals surface area contributed by atoms with Gasteiger partial charge in [-0.15, -0.1) is 0 Å². The number of fused-ring (bicyclic) bond motifs is 8. The average molecular weight is 877 g/mol. The smallest absolute Gasteiger partial charge is 0.164 e. The van der Waals surface area contributed by atoms with E-state index in [-0.39, 0.29) is 0 Å². The summed E-state index contributed by atoms with van der Waals surface area (Å²) in [5.41, 5.74) is 10.7. The lowest BCUT2D eigenvalue weighted by Crippen LogP contribution is -2.04. The van der Waals surface area contributed by atoms with E-state index in [0.29, 0.717) is 17.5 Å². The average Bonchev–Trinajstić information content (AvgIpc) is 3.72. The van der Waals surface area contributed by atoms with Crippen LogP contribution in [0.25, 0.3) is 138 Å². The minimum absolute atomic E-state index is 0.608. The first kappa shape index (κ1) is 39.0. The Bertz CT molecular complexity index is 4160. The fraction of sp³-hybridized carbons (Fsp3) is 0. The molecular weight excluding hydrogens is 837 g/mol. The van der Waals surface area contributed by atoms with Crippen molar-refractivity contribution in [1.82, 2.24) is 19.5 Å². The largest absolute Gasteiger partial charge is 0.308 e. The summed E-state index contributed by atoms with van der Waals surface area (Å²) in [6.45, 7) is 0. The van der Waals surface area contributed by atoms with Gasteiger partial charge in [0.05, 0.1) is 16.7 Å². The normalized spacial score (nSPS) is 11.8. The van der Waals surface area contributed by atoms with Gasteiger partial charge < -0.3 is 4.57 Å². The molecule has 0 spiro atoms. The Labute approximate surface area is 398 Å². The molecule has 2 aromatic heterocycles. The maximum absolute atomic E-state index is 5.53. The van der Waals surface area contributed by atoms with Crippen molar-refractivity contribution in [3.05, 3.63) is 243 Å². The second kappa shape index (κ2) is 15.7. The lowest BCUT2D eigenvalue weighted by atomic mass is 9.91. The van der Waals surface area contributed by atoms with Crippen molar-refractivity contribution in [1.29, 1.82) is 0 Å². The molecule has 14 aromatic rings. The van der Waals surface area contributed by atoms with E-state index in [4.69, 9.17) is 15.0 Å². The van der Waals surface area contributed by atoms with Crippen LogP contribution < -0.4 is 0 Å². The Hall–Kier alpha value is -9.25. The van der Waals surface area contributed by atoms with Crippen molar-refractivity contribution < 1.29 is 0 Å². The van der Waals surface area contributed by atoms with Crippen LogP contribution in [0.2, 0.25) is 0 Å². The maximum atomic E-state index is 5.53. The van der Waals surface area contributed by atoms with Gasteiger partial charge in [0.1, 0.15) is 0 Å². The third-order valence-corrected chi connectivity index (χ3v) is 14.0. The number of nitrogens with zero attached hydrogens (tertiary/aromatic N) is 4. The van der Waals surface area contributed by atoms with Crippen LogP contribution in [-0.4, -0.2) is 19.5 Å². The molecule has 0 amide bonds. The van der Waals surface area contributed by atoms with Crippen LogP contribution in [0.1, 0.15) is 0 Å². The van der Waals surface area contributed by atoms with Gasteiger partial charge in [-0.3, -0.25) is 0 Å². The van der Waals surface area contributed by atoms with Gasteiger partial charge in [-0.05, 0) is 102 Å². The molecule has 0 radical (unpaired) electrons. The molecule has 4 nitrogen and oxygen atoms in total. The Morgan fingerprint density at radius 3 is 1.20 bits per heavy atom. The number of hydrogen-bond donors (Lipinski definition) is 0. The highest BCUT2D eigenvalue weighted by molar-refractivity contribution is 6.19. The van der Waals surface area contributed by atoms with Crippen LogP contribution in [0.3, 0.4) is 0 Å². The lowest BCUT2D eigenvalue weighted by Gasteiger charge is -2.21. The zero-order valence-corrected chi connectivity index (χ0v) is 37.4. The third-order valence-electron chi connectivity index (χ3n) is 14.0. The molecule has 69 heavy (non-hydrogen) atoms. The van der Waals surface area contributed by atoms with E-state index >= 15 is 0 Å². The first-order valence-corrected chi connectivity index (χ1v) is 23.5. The Balaban J connectivity index is 1.15. The van der Waals surface area contributed by atoms with Crippen LogP contribution in [0.4, 0.5) is 0 Å². The molecule has 14 rings (SSSR count). The van der Waals surface area contributed by atoms with Crippen molar-refractivity contribution in [2.75, 3.05) is 0 Å². The minimum atomic E-state index is 0.608. The molecule has 4 heteroatoms. The summed E-state index contributed by atoms with van der Waals surface area (Å²) in [6, 6.07) is 87.4. The Morgan fingerprint density at radius 2 is 0.667 bits per heavy atom. The van der Waals surface area contributed by atoms with E-state index in [1.54, 1.807) is 0 Å². The quantitative estimate of drug-likeness (QED) is 0.167. The molecule has 0 atom stereocenters. The van der Waals surface area contributed by atoms with E-state index in [1.807, 2.05) is 0 Å². The highest BCUT2D eigenvalue weighted by Gasteiger charge is 2.25. The van der Waals surface area contributed by atoms with Gasteiger partial charge in [-0.2, -0.15) is 0 Å². The van der Waals surface area contributed by atoms with Crippen molar-refractivity contribution in [3.63, 3.8) is 0 Å². The number of benzene rings is 12. The highest BCUT2D eigenvalue weighted by Crippen LogP contribution is 2.46. The molecule has 0 saturated heterocycles. The third kappa shape index (κ3) is 6.41. The summed E-state index contributed by atoms with van der Waals surface area (Å²) in [7, 11) is 0. The molecule has 0 N–H and O–H groups in total. The predicted molar refractivity (Wildman–Crippen MR) is 289 cm³/mol. The van der Waals surface area contributed by atoms with Crippen LogP contribution in [0.15, 0.2) is 243 Å². The van der Waals surface area contributed by atoms with Gasteiger partial charge in [0.25, 0.3) is 0 Å². The second-order valence-corrected chi connectivity index (χ2v) is 17.9. The van der Waals surface area contributed by atoms with E-state index in [9.17, 15) is 0 Å². The van der Waals surface area contributed by atoms with E-state index in [2.05, 4.69) is 247 Å². The van der Waals surface area contributed by atoms with Gasteiger partial charge in [-0.25, -0.2) is 15.0 Å². The monoisotopic (exact) mass is 876 g/mol.